The van der Waals surface area contributed by atoms with E-state index >= 15 is 0 Å². The van der Waals surface area contributed by atoms with Gasteiger partial charge in [-0.05, 0) is 78.3 Å². The number of phenols is 2. The monoisotopic (exact) mass is 382 g/mol. The zero-order valence-electron chi connectivity index (χ0n) is 18.5. The largest absolute Gasteiger partial charge is 0.508 e. The van der Waals surface area contributed by atoms with Crippen LogP contribution in [0.15, 0.2) is 36.4 Å². The molecule has 0 spiro atoms. The van der Waals surface area contributed by atoms with Crippen LogP contribution in [-0.4, -0.2) is 10.2 Å². The fourth-order valence-electron chi connectivity index (χ4n) is 3.72. The third kappa shape index (κ3) is 5.31. The lowest BCUT2D eigenvalue weighted by molar-refractivity contribution is 0.459. The summed E-state index contributed by atoms with van der Waals surface area (Å²) in [6.45, 7) is 13.3. The Bertz CT molecular complexity index is 712. The molecule has 0 aliphatic carbocycles. The van der Waals surface area contributed by atoms with E-state index in [1.54, 1.807) is 0 Å². The van der Waals surface area contributed by atoms with Crippen LogP contribution in [0.1, 0.15) is 83.1 Å². The summed E-state index contributed by atoms with van der Waals surface area (Å²) in [5.41, 5.74) is 4.37. The van der Waals surface area contributed by atoms with Crippen LogP contribution in [0, 0.1) is 11.8 Å². The van der Waals surface area contributed by atoms with Gasteiger partial charge in [0.05, 0.1) is 0 Å². The fraction of sp³-hybridized carbons (Fsp3) is 0.538. The molecule has 2 aromatic rings. The third-order valence-electron chi connectivity index (χ3n) is 6.12. The molecule has 0 radical (unpaired) electrons. The maximum Gasteiger partial charge on any atom is 0.118 e. The van der Waals surface area contributed by atoms with Crippen LogP contribution in [-0.2, 0) is 18.3 Å². The summed E-state index contributed by atoms with van der Waals surface area (Å²) in [5.74, 6) is 2.01. The molecular weight excluding hydrogens is 344 g/mol. The number of phenolic OH excluding ortho intramolecular Hbond substituents is 2. The molecule has 2 nitrogen and oxygen atoms in total. The molecule has 2 N–H and O–H groups in total. The van der Waals surface area contributed by atoms with Crippen molar-refractivity contribution in [1.82, 2.24) is 0 Å². The second kappa shape index (κ2) is 9.49. The Hall–Kier alpha value is -1.96. The number of aryl methyl sites for hydroxylation is 2. The molecule has 154 valence electrons. The predicted molar refractivity (Wildman–Crippen MR) is 119 cm³/mol. The van der Waals surface area contributed by atoms with Crippen molar-refractivity contribution in [3.05, 3.63) is 58.7 Å². The quantitative estimate of drug-likeness (QED) is 0.490. The second-order valence-corrected chi connectivity index (χ2v) is 9.24. The minimum Gasteiger partial charge on any atom is -0.508 e. The molecule has 2 rings (SSSR count). The number of hydrogen-bond donors (Lipinski definition) is 2. The Morgan fingerprint density at radius 2 is 1.14 bits per heavy atom. The van der Waals surface area contributed by atoms with Gasteiger partial charge in [0.15, 0.2) is 0 Å². The Kier molecular flexibility index (Phi) is 7.57. The molecule has 0 atom stereocenters. The van der Waals surface area contributed by atoms with Crippen LogP contribution in [0.4, 0.5) is 0 Å². The maximum atomic E-state index is 10.3. The van der Waals surface area contributed by atoms with Gasteiger partial charge >= 0.3 is 0 Å². The van der Waals surface area contributed by atoms with E-state index in [-0.39, 0.29) is 5.41 Å². The summed E-state index contributed by atoms with van der Waals surface area (Å²) in [4.78, 5) is 0. The highest BCUT2D eigenvalue weighted by atomic mass is 16.3. The van der Waals surface area contributed by atoms with Gasteiger partial charge in [-0.2, -0.15) is 0 Å². The van der Waals surface area contributed by atoms with Crippen molar-refractivity contribution < 1.29 is 10.2 Å². The highest BCUT2D eigenvalue weighted by Gasteiger charge is 2.28. The summed E-state index contributed by atoms with van der Waals surface area (Å²) in [6, 6.07) is 12.2. The first-order chi connectivity index (χ1) is 13.2. The third-order valence-corrected chi connectivity index (χ3v) is 6.12. The first-order valence-electron chi connectivity index (χ1n) is 10.8. The van der Waals surface area contributed by atoms with E-state index in [9.17, 15) is 10.2 Å². The molecule has 0 saturated carbocycles. The van der Waals surface area contributed by atoms with E-state index in [0.717, 1.165) is 43.2 Å². The lowest BCUT2D eigenvalue weighted by Gasteiger charge is -2.31. The standard InChI is InChI=1S/C26H38O2/c1-7-26(6,22-12-14-24(27)20(16-22)10-8-18(2)3)23-13-15-25(28)21(17-23)11-9-19(4)5/h12-19,27-28H,7-11H2,1-6H3. The van der Waals surface area contributed by atoms with Gasteiger partial charge < -0.3 is 10.2 Å². The predicted octanol–water partition coefficient (Wildman–Crippen LogP) is 6.99. The molecule has 0 aliphatic rings. The minimum absolute atomic E-state index is 0.152. The van der Waals surface area contributed by atoms with E-state index < -0.39 is 0 Å². The van der Waals surface area contributed by atoms with E-state index in [1.807, 2.05) is 12.1 Å². The van der Waals surface area contributed by atoms with Gasteiger partial charge in [0.2, 0.25) is 0 Å². The molecule has 0 fully saturated rings. The highest BCUT2D eigenvalue weighted by molar-refractivity contribution is 5.47. The van der Waals surface area contributed by atoms with Gasteiger partial charge in [-0.1, -0.05) is 65.8 Å². The number of hydrogen-bond acceptors (Lipinski definition) is 2. The van der Waals surface area contributed by atoms with Crippen LogP contribution in [0.3, 0.4) is 0 Å². The van der Waals surface area contributed by atoms with Crippen LogP contribution in [0.5, 0.6) is 11.5 Å². The molecular formula is C26H38O2. The zero-order valence-corrected chi connectivity index (χ0v) is 18.5. The van der Waals surface area contributed by atoms with Crippen molar-refractivity contribution in [2.45, 2.75) is 79.1 Å². The van der Waals surface area contributed by atoms with Crippen molar-refractivity contribution in [2.75, 3.05) is 0 Å². The van der Waals surface area contributed by atoms with Crippen molar-refractivity contribution in [1.29, 1.82) is 0 Å². The Morgan fingerprint density at radius 1 is 0.750 bits per heavy atom. The lowest BCUT2D eigenvalue weighted by atomic mass is 9.73. The number of benzene rings is 2. The van der Waals surface area contributed by atoms with Crippen LogP contribution >= 0.6 is 0 Å². The normalized spacial score (nSPS) is 12.1. The average Bonchev–Trinajstić information content (AvgIpc) is 2.65. The van der Waals surface area contributed by atoms with Crippen LogP contribution < -0.4 is 0 Å². The van der Waals surface area contributed by atoms with E-state index in [4.69, 9.17) is 0 Å². The summed E-state index contributed by atoms with van der Waals surface area (Å²) >= 11 is 0. The van der Waals surface area contributed by atoms with Crippen LogP contribution in [0.25, 0.3) is 0 Å². The summed E-state index contributed by atoms with van der Waals surface area (Å²) in [7, 11) is 0. The minimum atomic E-state index is -0.152. The molecule has 0 saturated heterocycles. The highest BCUT2D eigenvalue weighted by Crippen LogP contribution is 2.39. The molecule has 28 heavy (non-hydrogen) atoms. The summed E-state index contributed by atoms with van der Waals surface area (Å²) in [6.07, 6.45) is 4.88. The van der Waals surface area contributed by atoms with Gasteiger partial charge in [0.25, 0.3) is 0 Å². The molecule has 0 heterocycles. The fourth-order valence-corrected chi connectivity index (χ4v) is 3.72. The van der Waals surface area contributed by atoms with Crippen molar-refractivity contribution >= 4 is 0 Å². The van der Waals surface area contributed by atoms with Gasteiger partial charge in [-0.25, -0.2) is 0 Å². The van der Waals surface area contributed by atoms with E-state index in [2.05, 4.69) is 65.8 Å². The Labute approximate surface area is 171 Å². The molecule has 0 bridgehead atoms. The molecule has 0 amide bonds. The summed E-state index contributed by atoms with van der Waals surface area (Å²) < 4.78 is 0. The summed E-state index contributed by atoms with van der Waals surface area (Å²) in [5, 5.41) is 20.7. The maximum absolute atomic E-state index is 10.3. The first kappa shape index (κ1) is 22.3. The number of rotatable bonds is 9. The van der Waals surface area contributed by atoms with Crippen LogP contribution in [0.2, 0.25) is 0 Å². The van der Waals surface area contributed by atoms with Gasteiger partial charge in [0.1, 0.15) is 11.5 Å². The molecule has 0 aliphatic heterocycles. The topological polar surface area (TPSA) is 40.5 Å². The van der Waals surface area contributed by atoms with Gasteiger partial charge in [0, 0.05) is 5.41 Å². The second-order valence-electron chi connectivity index (χ2n) is 9.24. The average molecular weight is 383 g/mol. The van der Waals surface area contributed by atoms with Gasteiger partial charge in [-0.3, -0.25) is 0 Å². The molecule has 0 aromatic heterocycles. The van der Waals surface area contributed by atoms with E-state index in [1.165, 1.54) is 11.1 Å². The zero-order chi connectivity index (χ0) is 20.9. The van der Waals surface area contributed by atoms with Crippen molar-refractivity contribution in [3.8, 4) is 11.5 Å². The first-order valence-corrected chi connectivity index (χ1v) is 10.8. The SMILES string of the molecule is CCC(C)(c1ccc(O)c(CCC(C)C)c1)c1ccc(O)c(CCC(C)C)c1. The lowest BCUT2D eigenvalue weighted by Crippen LogP contribution is -2.23. The smallest absolute Gasteiger partial charge is 0.118 e. The molecule has 2 heteroatoms. The van der Waals surface area contributed by atoms with E-state index in [0.29, 0.717) is 23.3 Å². The number of aromatic hydroxyl groups is 2. The molecule has 2 aromatic carbocycles. The van der Waals surface area contributed by atoms with Crippen molar-refractivity contribution in [2.24, 2.45) is 11.8 Å². The van der Waals surface area contributed by atoms with Crippen molar-refractivity contribution in [3.63, 3.8) is 0 Å². The Balaban J connectivity index is 2.41. The molecule has 0 unspecified atom stereocenters. The Morgan fingerprint density at radius 3 is 1.46 bits per heavy atom. The van der Waals surface area contributed by atoms with Gasteiger partial charge in [-0.15, -0.1) is 0 Å².